The van der Waals surface area contributed by atoms with Gasteiger partial charge in [0.25, 0.3) is 0 Å². The summed E-state index contributed by atoms with van der Waals surface area (Å²) in [6.45, 7) is 1.86. The van der Waals surface area contributed by atoms with Crippen molar-refractivity contribution in [2.24, 2.45) is 5.73 Å². The summed E-state index contributed by atoms with van der Waals surface area (Å²) in [7, 11) is 0. The van der Waals surface area contributed by atoms with Crippen LogP contribution in [0.5, 0.6) is 0 Å². The maximum atomic E-state index is 5.85. The molecule has 1 rings (SSSR count). The summed E-state index contributed by atoms with van der Waals surface area (Å²) in [4.78, 5) is 0. The summed E-state index contributed by atoms with van der Waals surface area (Å²) in [5.41, 5.74) is 6.40. The highest BCUT2D eigenvalue weighted by atomic mass is 35.5. The summed E-state index contributed by atoms with van der Waals surface area (Å²) in [5.74, 6) is 0. The van der Waals surface area contributed by atoms with Crippen LogP contribution in [0.15, 0.2) is 24.3 Å². The lowest BCUT2D eigenvalue weighted by molar-refractivity contribution is 0.852. The topological polar surface area (TPSA) is 38.0 Å². The molecule has 2 nitrogen and oxygen atoms in total. The van der Waals surface area contributed by atoms with Crippen molar-refractivity contribution in [1.29, 1.82) is 0 Å². The maximum Gasteiger partial charge on any atom is 0.0714 e. The van der Waals surface area contributed by atoms with Gasteiger partial charge in [0.2, 0.25) is 0 Å². The van der Waals surface area contributed by atoms with Crippen molar-refractivity contribution in [3.63, 3.8) is 0 Å². The van der Waals surface area contributed by atoms with Crippen LogP contribution in [0.1, 0.15) is 6.92 Å². The molecule has 0 aliphatic rings. The van der Waals surface area contributed by atoms with Crippen molar-refractivity contribution in [3.05, 3.63) is 29.3 Å². The van der Waals surface area contributed by atoms with Crippen LogP contribution < -0.4 is 11.1 Å². The van der Waals surface area contributed by atoms with Gasteiger partial charge >= 0.3 is 0 Å². The van der Waals surface area contributed by atoms with Gasteiger partial charge in [0, 0.05) is 0 Å². The molecule has 11 heavy (non-hydrogen) atoms. The van der Waals surface area contributed by atoms with Gasteiger partial charge in [-0.05, 0) is 19.1 Å². The Labute approximate surface area is 71.4 Å². The lowest BCUT2D eigenvalue weighted by atomic mass is 10.3. The Bertz CT molecular complexity index is 235. The van der Waals surface area contributed by atoms with Crippen LogP contribution in [0, 0.1) is 0 Å². The molecule has 1 aromatic rings. The van der Waals surface area contributed by atoms with E-state index >= 15 is 0 Å². The first-order chi connectivity index (χ1) is 5.20. The van der Waals surface area contributed by atoms with Gasteiger partial charge in [0.1, 0.15) is 0 Å². The second-order valence-electron chi connectivity index (χ2n) is 2.41. The Morgan fingerprint density at radius 1 is 1.45 bits per heavy atom. The molecular formula is C8H11ClN2. The number of nitrogens with two attached hydrogens (primary N) is 1. The van der Waals surface area contributed by atoms with Crippen LogP contribution in [0.25, 0.3) is 0 Å². The van der Waals surface area contributed by atoms with Gasteiger partial charge in [-0.1, -0.05) is 23.7 Å². The SMILES string of the molecule is CC(N)Nc1ccccc1Cl. The molecule has 0 saturated heterocycles. The molecule has 0 aliphatic heterocycles. The molecule has 0 spiro atoms. The zero-order valence-corrected chi connectivity index (χ0v) is 7.10. The third kappa shape index (κ3) is 2.41. The number of halogens is 1. The average Bonchev–Trinajstić information content (AvgIpc) is 1.93. The second kappa shape index (κ2) is 3.60. The van der Waals surface area contributed by atoms with Crippen LogP contribution in [-0.4, -0.2) is 6.17 Å². The van der Waals surface area contributed by atoms with Crippen LogP contribution in [0.4, 0.5) is 5.69 Å². The van der Waals surface area contributed by atoms with Crippen LogP contribution in [-0.2, 0) is 0 Å². The second-order valence-corrected chi connectivity index (χ2v) is 2.82. The van der Waals surface area contributed by atoms with Gasteiger partial charge in [-0.25, -0.2) is 0 Å². The minimum absolute atomic E-state index is 0.0742. The maximum absolute atomic E-state index is 5.85. The fourth-order valence-electron chi connectivity index (χ4n) is 0.824. The summed E-state index contributed by atoms with van der Waals surface area (Å²) in [5, 5.41) is 3.72. The molecule has 1 atom stereocenters. The van der Waals surface area contributed by atoms with Crippen molar-refractivity contribution in [3.8, 4) is 0 Å². The highest BCUT2D eigenvalue weighted by molar-refractivity contribution is 6.33. The Morgan fingerprint density at radius 2 is 2.09 bits per heavy atom. The van der Waals surface area contributed by atoms with Gasteiger partial charge in [-0.2, -0.15) is 0 Å². The van der Waals surface area contributed by atoms with E-state index in [4.69, 9.17) is 17.3 Å². The lowest BCUT2D eigenvalue weighted by Gasteiger charge is -2.10. The van der Waals surface area contributed by atoms with Crippen LogP contribution in [0.3, 0.4) is 0 Å². The molecule has 0 aromatic heterocycles. The van der Waals surface area contributed by atoms with Crippen molar-refractivity contribution in [2.75, 3.05) is 5.32 Å². The van der Waals surface area contributed by atoms with Crippen molar-refractivity contribution in [2.45, 2.75) is 13.1 Å². The zero-order chi connectivity index (χ0) is 8.27. The number of hydrogen-bond donors (Lipinski definition) is 2. The number of para-hydroxylation sites is 1. The fourth-order valence-corrected chi connectivity index (χ4v) is 1.01. The molecular weight excluding hydrogens is 160 g/mol. The molecule has 0 amide bonds. The predicted molar refractivity (Wildman–Crippen MR) is 48.7 cm³/mol. The standard InChI is InChI=1S/C8H11ClN2/c1-6(10)11-8-5-3-2-4-7(8)9/h2-6,11H,10H2,1H3. The van der Waals surface area contributed by atoms with E-state index in [0.717, 1.165) is 5.69 Å². The van der Waals surface area contributed by atoms with E-state index in [0.29, 0.717) is 5.02 Å². The molecule has 0 saturated carbocycles. The number of benzene rings is 1. The molecule has 60 valence electrons. The highest BCUT2D eigenvalue weighted by Crippen LogP contribution is 2.20. The predicted octanol–water partition coefficient (Wildman–Crippen LogP) is 2.06. The van der Waals surface area contributed by atoms with E-state index in [1.54, 1.807) is 0 Å². The Kier molecular flexibility index (Phi) is 2.74. The van der Waals surface area contributed by atoms with E-state index in [1.165, 1.54) is 0 Å². The smallest absolute Gasteiger partial charge is 0.0714 e. The first kappa shape index (κ1) is 8.37. The summed E-state index contributed by atoms with van der Waals surface area (Å²) >= 11 is 5.85. The van der Waals surface area contributed by atoms with E-state index in [1.807, 2.05) is 31.2 Å². The van der Waals surface area contributed by atoms with Gasteiger partial charge in [0.15, 0.2) is 0 Å². The zero-order valence-electron chi connectivity index (χ0n) is 6.34. The first-order valence-electron chi connectivity index (χ1n) is 3.47. The average molecular weight is 171 g/mol. The van der Waals surface area contributed by atoms with Crippen molar-refractivity contribution < 1.29 is 0 Å². The van der Waals surface area contributed by atoms with E-state index in [2.05, 4.69) is 5.32 Å². The lowest BCUT2D eigenvalue weighted by Crippen LogP contribution is -2.25. The van der Waals surface area contributed by atoms with Crippen LogP contribution in [0.2, 0.25) is 5.02 Å². The number of anilines is 1. The molecule has 1 unspecified atom stereocenters. The highest BCUT2D eigenvalue weighted by Gasteiger charge is 1.98. The minimum atomic E-state index is -0.0742. The summed E-state index contributed by atoms with van der Waals surface area (Å²) in [6.07, 6.45) is -0.0742. The largest absolute Gasteiger partial charge is 0.369 e. The third-order valence-corrected chi connectivity index (χ3v) is 1.59. The number of rotatable bonds is 2. The quantitative estimate of drug-likeness (QED) is 0.667. The third-order valence-electron chi connectivity index (χ3n) is 1.26. The summed E-state index contributed by atoms with van der Waals surface area (Å²) < 4.78 is 0. The van der Waals surface area contributed by atoms with Crippen molar-refractivity contribution >= 4 is 17.3 Å². The van der Waals surface area contributed by atoms with Gasteiger partial charge in [0.05, 0.1) is 16.9 Å². The molecule has 0 bridgehead atoms. The van der Waals surface area contributed by atoms with Gasteiger partial charge in [-0.15, -0.1) is 0 Å². The van der Waals surface area contributed by atoms with Gasteiger partial charge in [-0.3, -0.25) is 0 Å². The monoisotopic (exact) mass is 170 g/mol. The minimum Gasteiger partial charge on any atom is -0.369 e. The van der Waals surface area contributed by atoms with Crippen LogP contribution >= 0.6 is 11.6 Å². The molecule has 0 heterocycles. The Morgan fingerprint density at radius 3 is 2.64 bits per heavy atom. The van der Waals surface area contributed by atoms with E-state index in [-0.39, 0.29) is 6.17 Å². The number of hydrogen-bond acceptors (Lipinski definition) is 2. The van der Waals surface area contributed by atoms with E-state index in [9.17, 15) is 0 Å². The molecule has 0 radical (unpaired) electrons. The van der Waals surface area contributed by atoms with Crippen molar-refractivity contribution in [1.82, 2.24) is 0 Å². The normalized spacial score (nSPS) is 12.6. The Balaban J connectivity index is 2.78. The Hall–Kier alpha value is -0.730. The molecule has 0 aliphatic carbocycles. The summed E-state index contributed by atoms with van der Waals surface area (Å²) in [6, 6.07) is 7.52. The van der Waals surface area contributed by atoms with E-state index < -0.39 is 0 Å². The fraction of sp³-hybridized carbons (Fsp3) is 0.250. The molecule has 0 fully saturated rings. The molecule has 3 heteroatoms. The number of nitrogens with one attached hydrogen (secondary N) is 1. The molecule has 3 N–H and O–H groups in total. The first-order valence-corrected chi connectivity index (χ1v) is 3.84. The molecule has 1 aromatic carbocycles. The van der Waals surface area contributed by atoms with Gasteiger partial charge < -0.3 is 11.1 Å².